The maximum absolute atomic E-state index is 12.7. The van der Waals surface area contributed by atoms with Gasteiger partial charge >= 0.3 is 0 Å². The number of carbonyl (C=O) groups excluding carboxylic acids is 1. The number of hydrogen-bond donors (Lipinski definition) is 0. The quantitative estimate of drug-likeness (QED) is 0.844. The lowest BCUT2D eigenvalue weighted by Crippen LogP contribution is -2.48. The summed E-state index contributed by atoms with van der Waals surface area (Å²) in [6.45, 7) is 8.23. The molecule has 2 aromatic carbocycles. The molecular weight excluding hydrogens is 320 g/mol. The zero-order valence-electron chi connectivity index (χ0n) is 14.3. The summed E-state index contributed by atoms with van der Waals surface area (Å²) in [7, 11) is 0. The number of benzene rings is 2. The van der Waals surface area contributed by atoms with Gasteiger partial charge in [-0.1, -0.05) is 35.9 Å². The predicted molar refractivity (Wildman–Crippen MR) is 98.5 cm³/mol. The Bertz CT molecular complexity index is 736. The fraction of sp³-hybridized carbons (Fsp3) is 0.350. The number of aryl methyl sites for hydroxylation is 2. The average Bonchev–Trinajstić information content (AvgIpc) is 2.59. The van der Waals surface area contributed by atoms with E-state index < -0.39 is 0 Å². The largest absolute Gasteiger partial charge is 0.336 e. The number of halogens is 1. The van der Waals surface area contributed by atoms with Gasteiger partial charge in [0.05, 0.1) is 0 Å². The minimum Gasteiger partial charge on any atom is -0.336 e. The molecule has 1 fully saturated rings. The Morgan fingerprint density at radius 2 is 1.71 bits per heavy atom. The third-order valence-electron chi connectivity index (χ3n) is 4.77. The van der Waals surface area contributed by atoms with Gasteiger partial charge < -0.3 is 4.90 Å². The van der Waals surface area contributed by atoms with Crippen LogP contribution in [0.4, 0.5) is 0 Å². The molecule has 0 saturated carbocycles. The van der Waals surface area contributed by atoms with Gasteiger partial charge in [0.15, 0.2) is 0 Å². The summed E-state index contributed by atoms with van der Waals surface area (Å²) in [5.41, 5.74) is 4.32. The van der Waals surface area contributed by atoms with Crippen LogP contribution in [0, 0.1) is 13.8 Å². The highest BCUT2D eigenvalue weighted by atomic mass is 35.5. The highest BCUT2D eigenvalue weighted by Gasteiger charge is 2.22. The van der Waals surface area contributed by atoms with Gasteiger partial charge in [0.2, 0.25) is 0 Å². The zero-order chi connectivity index (χ0) is 17.1. The normalized spacial score (nSPS) is 15.5. The average molecular weight is 343 g/mol. The molecule has 24 heavy (non-hydrogen) atoms. The summed E-state index contributed by atoms with van der Waals surface area (Å²) in [5, 5.41) is 0.811. The molecule has 126 valence electrons. The van der Waals surface area contributed by atoms with Gasteiger partial charge in [0.25, 0.3) is 5.91 Å². The molecule has 1 heterocycles. The van der Waals surface area contributed by atoms with Crippen molar-refractivity contribution < 1.29 is 4.79 Å². The summed E-state index contributed by atoms with van der Waals surface area (Å²) < 4.78 is 0. The van der Waals surface area contributed by atoms with Crippen molar-refractivity contribution in [2.75, 3.05) is 26.2 Å². The third kappa shape index (κ3) is 3.80. The van der Waals surface area contributed by atoms with Gasteiger partial charge in [-0.3, -0.25) is 9.69 Å². The van der Waals surface area contributed by atoms with E-state index in [1.54, 1.807) is 0 Å². The first-order valence-corrected chi connectivity index (χ1v) is 8.74. The predicted octanol–water partition coefficient (Wildman–Crippen LogP) is 3.91. The van der Waals surface area contributed by atoms with Crippen LogP contribution in [0.25, 0.3) is 0 Å². The first kappa shape index (κ1) is 17.0. The van der Waals surface area contributed by atoms with Crippen LogP contribution >= 0.6 is 11.6 Å². The van der Waals surface area contributed by atoms with Crippen LogP contribution in [0.2, 0.25) is 5.02 Å². The van der Waals surface area contributed by atoms with E-state index in [2.05, 4.69) is 17.9 Å². The lowest BCUT2D eigenvalue weighted by Gasteiger charge is -2.35. The first-order valence-electron chi connectivity index (χ1n) is 8.37. The fourth-order valence-corrected chi connectivity index (χ4v) is 3.23. The van der Waals surface area contributed by atoms with Crippen LogP contribution in [-0.2, 0) is 6.54 Å². The summed E-state index contributed by atoms with van der Waals surface area (Å²) in [6.07, 6.45) is 0. The van der Waals surface area contributed by atoms with Gasteiger partial charge in [-0.05, 0) is 48.7 Å². The van der Waals surface area contributed by atoms with E-state index in [4.69, 9.17) is 11.6 Å². The van der Waals surface area contributed by atoms with E-state index in [1.807, 2.05) is 48.2 Å². The number of hydrogen-bond acceptors (Lipinski definition) is 2. The third-order valence-corrected chi connectivity index (χ3v) is 5.13. The van der Waals surface area contributed by atoms with E-state index in [0.717, 1.165) is 48.9 Å². The van der Waals surface area contributed by atoms with Gasteiger partial charge in [0, 0.05) is 43.3 Å². The van der Waals surface area contributed by atoms with Gasteiger partial charge in [-0.15, -0.1) is 0 Å². The van der Waals surface area contributed by atoms with Crippen LogP contribution in [-0.4, -0.2) is 41.9 Å². The maximum atomic E-state index is 12.7. The van der Waals surface area contributed by atoms with Crippen LogP contribution in [0.5, 0.6) is 0 Å². The second kappa shape index (κ2) is 7.37. The lowest BCUT2D eigenvalue weighted by atomic mass is 10.1. The molecule has 1 amide bonds. The van der Waals surface area contributed by atoms with Crippen molar-refractivity contribution in [3.8, 4) is 0 Å². The Morgan fingerprint density at radius 3 is 2.38 bits per heavy atom. The highest BCUT2D eigenvalue weighted by Crippen LogP contribution is 2.19. The number of amides is 1. The van der Waals surface area contributed by atoms with Crippen molar-refractivity contribution in [2.45, 2.75) is 20.4 Å². The number of piperazine rings is 1. The molecule has 0 aromatic heterocycles. The first-order chi connectivity index (χ1) is 11.5. The van der Waals surface area contributed by atoms with E-state index in [0.29, 0.717) is 0 Å². The monoisotopic (exact) mass is 342 g/mol. The minimum atomic E-state index is 0.135. The molecule has 0 N–H and O–H groups in total. The Hall–Kier alpha value is -1.84. The van der Waals surface area contributed by atoms with Crippen LogP contribution in [0.3, 0.4) is 0 Å². The molecule has 3 nitrogen and oxygen atoms in total. The van der Waals surface area contributed by atoms with Gasteiger partial charge in [-0.2, -0.15) is 0 Å². The van der Waals surface area contributed by atoms with Crippen molar-refractivity contribution in [3.63, 3.8) is 0 Å². The van der Waals surface area contributed by atoms with Crippen molar-refractivity contribution >= 4 is 17.5 Å². The molecule has 4 heteroatoms. The Labute approximate surface area is 148 Å². The van der Waals surface area contributed by atoms with E-state index >= 15 is 0 Å². The summed E-state index contributed by atoms with van der Waals surface area (Å²) >= 11 is 6.24. The molecule has 0 spiro atoms. The molecule has 1 aliphatic rings. The number of carbonyl (C=O) groups is 1. The highest BCUT2D eigenvalue weighted by molar-refractivity contribution is 6.31. The molecular formula is C20H23ClN2O. The second-order valence-corrected chi connectivity index (χ2v) is 6.87. The lowest BCUT2D eigenvalue weighted by molar-refractivity contribution is 0.0628. The Balaban J connectivity index is 1.59. The topological polar surface area (TPSA) is 23.6 Å². The van der Waals surface area contributed by atoms with Crippen molar-refractivity contribution in [1.82, 2.24) is 9.80 Å². The Kier molecular flexibility index (Phi) is 5.22. The fourth-order valence-electron chi connectivity index (χ4n) is 3.03. The molecule has 0 aliphatic carbocycles. The summed E-state index contributed by atoms with van der Waals surface area (Å²) in [6, 6.07) is 13.9. The van der Waals surface area contributed by atoms with Crippen LogP contribution in [0.1, 0.15) is 27.0 Å². The minimum absolute atomic E-state index is 0.135. The number of nitrogens with zero attached hydrogens (tertiary/aromatic N) is 2. The molecule has 3 rings (SSSR count). The summed E-state index contributed by atoms with van der Waals surface area (Å²) in [5.74, 6) is 0.135. The van der Waals surface area contributed by atoms with Gasteiger partial charge in [0.1, 0.15) is 0 Å². The Morgan fingerprint density at radius 1 is 1.00 bits per heavy atom. The number of rotatable bonds is 3. The molecule has 2 aromatic rings. The molecule has 0 radical (unpaired) electrons. The molecule has 1 aliphatic heterocycles. The van der Waals surface area contributed by atoms with Crippen molar-refractivity contribution in [1.29, 1.82) is 0 Å². The molecule has 0 atom stereocenters. The van der Waals surface area contributed by atoms with E-state index in [-0.39, 0.29) is 5.91 Å². The standard InChI is InChI=1S/C20H23ClN2O/c1-15-7-8-17(13-16(15)2)20(24)23-11-9-22(10-12-23)14-18-5-3-4-6-19(18)21/h3-8,13H,9-12,14H2,1-2H3. The SMILES string of the molecule is Cc1ccc(C(=O)N2CCN(Cc3ccccc3Cl)CC2)cc1C. The second-order valence-electron chi connectivity index (χ2n) is 6.46. The smallest absolute Gasteiger partial charge is 0.253 e. The van der Waals surface area contributed by atoms with E-state index in [1.165, 1.54) is 11.1 Å². The van der Waals surface area contributed by atoms with Gasteiger partial charge in [-0.25, -0.2) is 0 Å². The maximum Gasteiger partial charge on any atom is 0.253 e. The molecule has 1 saturated heterocycles. The van der Waals surface area contributed by atoms with Crippen LogP contribution in [0.15, 0.2) is 42.5 Å². The molecule has 0 unspecified atom stereocenters. The van der Waals surface area contributed by atoms with Crippen molar-refractivity contribution in [2.24, 2.45) is 0 Å². The molecule has 0 bridgehead atoms. The summed E-state index contributed by atoms with van der Waals surface area (Å²) in [4.78, 5) is 17.0. The van der Waals surface area contributed by atoms with E-state index in [9.17, 15) is 4.79 Å². The van der Waals surface area contributed by atoms with Crippen LogP contribution < -0.4 is 0 Å². The van der Waals surface area contributed by atoms with Crippen molar-refractivity contribution in [3.05, 3.63) is 69.7 Å². The zero-order valence-corrected chi connectivity index (χ0v) is 15.0.